The molecule has 4 heteroatoms. The monoisotopic (exact) mass is 173 g/mol. The minimum absolute atomic E-state index is 0.235. The Balaban J connectivity index is 3.45. The summed E-state index contributed by atoms with van der Waals surface area (Å²) < 4.78 is 0. The number of rotatable bonds is 7. The molecule has 0 bridgehead atoms. The van der Waals surface area contributed by atoms with Gasteiger partial charge in [0.25, 0.3) is 0 Å². The lowest BCUT2D eigenvalue weighted by Gasteiger charge is -2.18. The van der Waals surface area contributed by atoms with Crippen molar-refractivity contribution < 1.29 is 4.79 Å². The molecule has 4 N–H and O–H groups in total. The van der Waals surface area contributed by atoms with Crippen molar-refractivity contribution in [3.05, 3.63) is 0 Å². The van der Waals surface area contributed by atoms with Gasteiger partial charge < -0.3 is 16.4 Å². The summed E-state index contributed by atoms with van der Waals surface area (Å²) in [6.45, 7) is 5.43. The van der Waals surface area contributed by atoms with Gasteiger partial charge in [-0.1, -0.05) is 6.92 Å². The molecule has 0 radical (unpaired) electrons. The maximum absolute atomic E-state index is 10.5. The molecular weight excluding hydrogens is 154 g/mol. The summed E-state index contributed by atoms with van der Waals surface area (Å²) in [7, 11) is 0. The van der Waals surface area contributed by atoms with Crippen LogP contribution in [0.4, 0.5) is 0 Å². The Bertz CT molecular complexity index is 127. The Labute approximate surface area is 73.9 Å². The lowest BCUT2D eigenvalue weighted by Crippen LogP contribution is -2.30. The maximum atomic E-state index is 10.5. The van der Waals surface area contributed by atoms with Gasteiger partial charge in [0.2, 0.25) is 5.91 Å². The van der Waals surface area contributed by atoms with Crippen molar-refractivity contribution in [3.63, 3.8) is 0 Å². The molecular formula is C8H19N3O. The summed E-state index contributed by atoms with van der Waals surface area (Å²) in [4.78, 5) is 12.6. The minimum atomic E-state index is -0.235. The molecule has 0 aliphatic rings. The second kappa shape index (κ2) is 7.06. The second-order valence-electron chi connectivity index (χ2n) is 2.79. The first-order valence-corrected chi connectivity index (χ1v) is 4.41. The van der Waals surface area contributed by atoms with Gasteiger partial charge in [0.15, 0.2) is 0 Å². The van der Waals surface area contributed by atoms with Crippen molar-refractivity contribution >= 4 is 5.91 Å². The van der Waals surface area contributed by atoms with Crippen LogP contribution < -0.4 is 11.5 Å². The average Bonchev–Trinajstić information content (AvgIpc) is 2.05. The first kappa shape index (κ1) is 11.4. The fourth-order valence-corrected chi connectivity index (χ4v) is 1.01. The number of nitrogens with two attached hydrogens (primary N) is 2. The highest BCUT2D eigenvalue weighted by molar-refractivity contribution is 5.73. The van der Waals surface area contributed by atoms with Crippen LogP contribution in [-0.2, 0) is 4.79 Å². The second-order valence-corrected chi connectivity index (χ2v) is 2.79. The van der Waals surface area contributed by atoms with Gasteiger partial charge in [0.1, 0.15) is 0 Å². The molecule has 0 aromatic rings. The SMILES string of the molecule is CCN(CCCN)CCC(N)=O. The fraction of sp³-hybridized carbons (Fsp3) is 0.875. The first-order chi connectivity index (χ1) is 5.70. The van der Waals surface area contributed by atoms with E-state index in [4.69, 9.17) is 11.5 Å². The standard InChI is InChI=1S/C8H19N3O/c1-2-11(6-3-5-9)7-4-8(10)12/h2-7,9H2,1H3,(H2,10,12). The fourth-order valence-electron chi connectivity index (χ4n) is 1.01. The Morgan fingerprint density at radius 3 is 2.50 bits per heavy atom. The third-order valence-corrected chi connectivity index (χ3v) is 1.80. The van der Waals surface area contributed by atoms with Crippen LogP contribution in [0, 0.1) is 0 Å². The summed E-state index contributed by atoms with van der Waals surface area (Å²) in [5.74, 6) is -0.235. The molecule has 0 saturated heterocycles. The van der Waals surface area contributed by atoms with Crippen LogP contribution >= 0.6 is 0 Å². The molecule has 0 fully saturated rings. The van der Waals surface area contributed by atoms with Crippen LogP contribution in [-0.4, -0.2) is 37.0 Å². The number of amides is 1. The number of carbonyl (C=O) groups excluding carboxylic acids is 1. The zero-order chi connectivity index (χ0) is 9.40. The number of hydrogen-bond acceptors (Lipinski definition) is 3. The molecule has 72 valence electrons. The van der Waals surface area contributed by atoms with E-state index in [9.17, 15) is 4.79 Å². The largest absolute Gasteiger partial charge is 0.370 e. The Hall–Kier alpha value is -0.610. The highest BCUT2D eigenvalue weighted by atomic mass is 16.1. The quantitative estimate of drug-likeness (QED) is 0.547. The average molecular weight is 173 g/mol. The van der Waals surface area contributed by atoms with Gasteiger partial charge in [-0.15, -0.1) is 0 Å². The minimum Gasteiger partial charge on any atom is -0.370 e. The van der Waals surface area contributed by atoms with E-state index >= 15 is 0 Å². The van der Waals surface area contributed by atoms with Gasteiger partial charge in [0, 0.05) is 13.0 Å². The Kier molecular flexibility index (Phi) is 6.70. The van der Waals surface area contributed by atoms with Crippen LogP contribution in [0.25, 0.3) is 0 Å². The highest BCUT2D eigenvalue weighted by Gasteiger charge is 2.02. The van der Waals surface area contributed by atoms with Crippen molar-refractivity contribution in [2.45, 2.75) is 19.8 Å². The van der Waals surface area contributed by atoms with Gasteiger partial charge in [-0.3, -0.25) is 4.79 Å². The van der Waals surface area contributed by atoms with Gasteiger partial charge in [0.05, 0.1) is 0 Å². The molecule has 0 heterocycles. The van der Waals surface area contributed by atoms with E-state index in [-0.39, 0.29) is 5.91 Å². The summed E-state index contributed by atoms with van der Waals surface area (Å²) >= 11 is 0. The summed E-state index contributed by atoms with van der Waals surface area (Å²) in [6, 6.07) is 0. The zero-order valence-corrected chi connectivity index (χ0v) is 7.75. The number of carbonyl (C=O) groups is 1. The van der Waals surface area contributed by atoms with Gasteiger partial charge in [-0.05, 0) is 26.1 Å². The topological polar surface area (TPSA) is 72.3 Å². The molecule has 1 amide bonds. The van der Waals surface area contributed by atoms with Crippen LogP contribution in [0.15, 0.2) is 0 Å². The Morgan fingerprint density at radius 2 is 2.08 bits per heavy atom. The van der Waals surface area contributed by atoms with E-state index < -0.39 is 0 Å². The van der Waals surface area contributed by atoms with Gasteiger partial charge in [-0.2, -0.15) is 0 Å². The molecule has 0 aliphatic heterocycles. The normalized spacial score (nSPS) is 10.6. The summed E-state index contributed by atoms with van der Waals surface area (Å²) in [5, 5.41) is 0. The molecule has 0 atom stereocenters. The van der Waals surface area contributed by atoms with Crippen LogP contribution in [0.1, 0.15) is 19.8 Å². The van der Waals surface area contributed by atoms with Crippen molar-refractivity contribution in [1.29, 1.82) is 0 Å². The van der Waals surface area contributed by atoms with E-state index in [0.29, 0.717) is 13.0 Å². The smallest absolute Gasteiger partial charge is 0.218 e. The molecule has 0 aromatic heterocycles. The van der Waals surface area contributed by atoms with E-state index in [1.165, 1.54) is 0 Å². The lowest BCUT2D eigenvalue weighted by atomic mass is 10.3. The third-order valence-electron chi connectivity index (χ3n) is 1.80. The predicted octanol–water partition coefficient (Wildman–Crippen LogP) is -0.467. The third kappa shape index (κ3) is 6.12. The van der Waals surface area contributed by atoms with Crippen LogP contribution in [0.2, 0.25) is 0 Å². The molecule has 12 heavy (non-hydrogen) atoms. The summed E-state index contributed by atoms with van der Waals surface area (Å²) in [6.07, 6.45) is 1.42. The predicted molar refractivity (Wildman–Crippen MR) is 49.6 cm³/mol. The lowest BCUT2D eigenvalue weighted by molar-refractivity contribution is -0.118. The van der Waals surface area contributed by atoms with E-state index in [2.05, 4.69) is 11.8 Å². The van der Waals surface area contributed by atoms with Gasteiger partial charge >= 0.3 is 0 Å². The Morgan fingerprint density at radius 1 is 1.42 bits per heavy atom. The number of hydrogen-bond donors (Lipinski definition) is 2. The summed E-state index contributed by atoms with van der Waals surface area (Å²) in [5.41, 5.74) is 10.4. The van der Waals surface area contributed by atoms with E-state index in [0.717, 1.165) is 26.1 Å². The number of primary amides is 1. The van der Waals surface area contributed by atoms with Crippen molar-refractivity contribution in [3.8, 4) is 0 Å². The molecule has 0 spiro atoms. The molecule has 0 saturated carbocycles. The molecule has 0 rings (SSSR count). The maximum Gasteiger partial charge on any atom is 0.218 e. The number of nitrogens with zero attached hydrogens (tertiary/aromatic N) is 1. The molecule has 0 unspecified atom stereocenters. The van der Waals surface area contributed by atoms with E-state index in [1.807, 2.05) is 0 Å². The van der Waals surface area contributed by atoms with Crippen molar-refractivity contribution in [2.75, 3.05) is 26.2 Å². The molecule has 0 aromatic carbocycles. The van der Waals surface area contributed by atoms with Crippen molar-refractivity contribution in [1.82, 2.24) is 4.90 Å². The van der Waals surface area contributed by atoms with Crippen LogP contribution in [0.5, 0.6) is 0 Å². The van der Waals surface area contributed by atoms with E-state index in [1.54, 1.807) is 0 Å². The highest BCUT2D eigenvalue weighted by Crippen LogP contribution is 1.92. The first-order valence-electron chi connectivity index (χ1n) is 4.41. The zero-order valence-electron chi connectivity index (χ0n) is 7.75. The molecule has 4 nitrogen and oxygen atoms in total. The van der Waals surface area contributed by atoms with Crippen LogP contribution in [0.3, 0.4) is 0 Å². The van der Waals surface area contributed by atoms with Gasteiger partial charge in [-0.25, -0.2) is 0 Å². The molecule has 0 aliphatic carbocycles. The van der Waals surface area contributed by atoms with Crippen molar-refractivity contribution in [2.24, 2.45) is 11.5 Å².